The van der Waals surface area contributed by atoms with Gasteiger partial charge in [-0.25, -0.2) is 0 Å². The quantitative estimate of drug-likeness (QED) is 0.180. The maximum absolute atomic E-state index is 6.63. The SMILES string of the molecule is CC(C)(C)c1ccc(Nc2cc3c(cc2-c2c4c5c(c6cc7c(cc6n5-c5cc6c(cc5B4)oc4ccccc46)CCCC7)c4sc5ccccc5c24)sc2ccccc23)cc1. The van der Waals surface area contributed by atoms with Crippen molar-refractivity contribution < 1.29 is 4.42 Å². The number of hydrogen-bond donors (Lipinski definition) is 1. The molecule has 14 rings (SSSR count). The van der Waals surface area contributed by atoms with Crippen molar-refractivity contribution in [3.8, 4) is 16.8 Å². The van der Waals surface area contributed by atoms with Gasteiger partial charge in [0.25, 0.3) is 0 Å². The molecule has 5 heterocycles. The van der Waals surface area contributed by atoms with E-state index in [1.807, 2.05) is 22.7 Å². The Hall–Kier alpha value is -6.34. The maximum Gasteiger partial charge on any atom is 0.198 e. The number of thiophene rings is 2. The van der Waals surface area contributed by atoms with Crippen molar-refractivity contribution in [2.24, 2.45) is 0 Å². The van der Waals surface area contributed by atoms with Crippen LogP contribution in [0.5, 0.6) is 0 Å². The molecule has 0 atom stereocenters. The molecule has 0 unspecified atom stereocenters. The van der Waals surface area contributed by atoms with Crippen LogP contribution in [0.15, 0.2) is 138 Å². The van der Waals surface area contributed by atoms with E-state index in [4.69, 9.17) is 4.42 Å². The van der Waals surface area contributed by atoms with Crippen LogP contribution < -0.4 is 16.2 Å². The minimum absolute atomic E-state index is 0.0733. The second-order valence-corrected chi connectivity index (χ2v) is 20.9. The third-order valence-corrected chi connectivity index (χ3v) is 16.4. The predicted octanol–water partition coefficient (Wildman–Crippen LogP) is 14.7. The van der Waals surface area contributed by atoms with Crippen LogP contribution in [-0.2, 0) is 18.3 Å². The Morgan fingerprint density at radius 3 is 2.15 bits per heavy atom. The Morgan fingerprint density at radius 2 is 1.34 bits per heavy atom. The van der Waals surface area contributed by atoms with E-state index in [9.17, 15) is 0 Å². The van der Waals surface area contributed by atoms with Crippen molar-refractivity contribution in [3.63, 3.8) is 0 Å². The summed E-state index contributed by atoms with van der Waals surface area (Å²) in [6, 6.07) is 50.5. The molecule has 4 aromatic heterocycles. The van der Waals surface area contributed by atoms with Crippen LogP contribution in [0.3, 0.4) is 0 Å². The smallest absolute Gasteiger partial charge is 0.198 e. The van der Waals surface area contributed by atoms with Gasteiger partial charge in [0.1, 0.15) is 11.2 Å². The lowest BCUT2D eigenvalue weighted by molar-refractivity contribution is 0.590. The fraction of sp³-hybridized carbons (Fsp3) is 0.143. The fourth-order valence-electron chi connectivity index (χ4n) is 11.1. The Kier molecular flexibility index (Phi) is 7.18. The molecule has 0 radical (unpaired) electrons. The number of fused-ring (bicyclic) bond motifs is 16. The van der Waals surface area contributed by atoms with Gasteiger partial charge in [-0.05, 0) is 126 Å². The van der Waals surface area contributed by atoms with E-state index in [0.29, 0.717) is 0 Å². The monoisotopic (exact) mass is 832 g/mol. The van der Waals surface area contributed by atoms with Crippen LogP contribution in [0.25, 0.3) is 101 Å². The summed E-state index contributed by atoms with van der Waals surface area (Å²) < 4.78 is 14.6. The average molecular weight is 833 g/mol. The molecule has 296 valence electrons. The van der Waals surface area contributed by atoms with Crippen molar-refractivity contribution in [1.29, 1.82) is 0 Å². The highest BCUT2D eigenvalue weighted by molar-refractivity contribution is 7.27. The summed E-state index contributed by atoms with van der Waals surface area (Å²) in [5, 5.41) is 14.5. The first-order valence-corrected chi connectivity index (χ1v) is 23.7. The van der Waals surface area contributed by atoms with E-state index < -0.39 is 0 Å². The second-order valence-electron chi connectivity index (χ2n) is 18.8. The Balaban J connectivity index is 1.15. The van der Waals surface area contributed by atoms with Crippen LogP contribution in [0.1, 0.15) is 50.3 Å². The maximum atomic E-state index is 6.63. The molecule has 2 aliphatic rings. The van der Waals surface area contributed by atoms with E-state index in [1.165, 1.54) is 130 Å². The van der Waals surface area contributed by atoms with Gasteiger partial charge in [-0.15, -0.1) is 22.7 Å². The van der Waals surface area contributed by atoms with E-state index in [2.05, 4.69) is 164 Å². The zero-order valence-corrected chi connectivity index (χ0v) is 36.5. The first-order chi connectivity index (χ1) is 30.3. The Labute approximate surface area is 367 Å². The molecule has 3 nitrogen and oxygen atoms in total. The summed E-state index contributed by atoms with van der Waals surface area (Å²) in [5.74, 6) is 0. The zero-order valence-electron chi connectivity index (χ0n) is 34.9. The van der Waals surface area contributed by atoms with Crippen LogP contribution in [0.2, 0.25) is 0 Å². The fourth-order valence-corrected chi connectivity index (χ4v) is 13.5. The lowest BCUT2D eigenvalue weighted by atomic mass is 9.58. The van der Waals surface area contributed by atoms with Gasteiger partial charge in [0, 0.05) is 84.5 Å². The van der Waals surface area contributed by atoms with Crippen molar-refractivity contribution >= 4 is 136 Å². The Morgan fingerprint density at radius 1 is 0.613 bits per heavy atom. The van der Waals surface area contributed by atoms with Crippen LogP contribution in [0.4, 0.5) is 11.4 Å². The van der Waals surface area contributed by atoms with Gasteiger partial charge in [-0.1, -0.05) is 93.0 Å². The molecule has 1 N–H and O–H groups in total. The highest BCUT2D eigenvalue weighted by Crippen LogP contribution is 2.51. The summed E-state index contributed by atoms with van der Waals surface area (Å²) in [5.41, 5.74) is 17.8. The second kappa shape index (κ2) is 12.6. The van der Waals surface area contributed by atoms with Crippen LogP contribution in [0, 0.1) is 0 Å². The standard InChI is InChI=1S/C56H41BN2OS2/c1-56(2,3)32-20-22-33(23-21-32)58-42-26-38-35-15-7-10-18-47(35)61-49(38)28-39(42)50-51-36-16-8-11-19-48(36)62-55(51)52-40-24-30-12-4-5-13-31(30)25-43(40)59-44-27-37-34-14-6-9-17-45(34)60-46(37)29-41(44)57-53(50)54(52)59/h6-11,14-29,57-58H,4-5,12-13H2,1-3H3. The van der Waals surface area contributed by atoms with Gasteiger partial charge in [0.05, 0.1) is 11.0 Å². The van der Waals surface area contributed by atoms with Crippen molar-refractivity contribution in [3.05, 3.63) is 150 Å². The molecular weight excluding hydrogens is 792 g/mol. The van der Waals surface area contributed by atoms with Crippen LogP contribution >= 0.6 is 22.7 Å². The highest BCUT2D eigenvalue weighted by atomic mass is 32.1. The molecule has 0 amide bonds. The molecule has 62 heavy (non-hydrogen) atoms. The topological polar surface area (TPSA) is 30.1 Å². The minimum atomic E-state index is 0.0733. The molecule has 0 saturated heterocycles. The largest absolute Gasteiger partial charge is 0.456 e. The van der Waals surface area contributed by atoms with Gasteiger partial charge >= 0.3 is 0 Å². The molecule has 0 bridgehead atoms. The predicted molar refractivity (Wildman–Crippen MR) is 271 cm³/mol. The lowest BCUT2D eigenvalue weighted by Crippen LogP contribution is -2.37. The molecule has 0 fully saturated rings. The van der Waals surface area contributed by atoms with E-state index in [-0.39, 0.29) is 5.41 Å². The third kappa shape index (κ3) is 4.94. The summed E-state index contributed by atoms with van der Waals surface area (Å²) in [4.78, 5) is 0. The first-order valence-electron chi connectivity index (χ1n) is 22.1. The number of furan rings is 1. The van der Waals surface area contributed by atoms with E-state index in [1.54, 1.807) is 0 Å². The number of para-hydroxylation sites is 1. The van der Waals surface area contributed by atoms with Gasteiger partial charge in [-0.2, -0.15) is 0 Å². The molecular formula is C56H41BN2OS2. The van der Waals surface area contributed by atoms with E-state index in [0.717, 1.165) is 42.7 Å². The number of rotatable bonds is 3. The molecule has 6 heteroatoms. The molecule has 8 aromatic carbocycles. The van der Waals surface area contributed by atoms with Gasteiger partial charge in [-0.3, -0.25) is 0 Å². The summed E-state index contributed by atoms with van der Waals surface area (Å²) >= 11 is 3.87. The number of nitrogens with one attached hydrogen (secondary N) is 1. The van der Waals surface area contributed by atoms with Crippen molar-refractivity contribution in [2.45, 2.75) is 51.9 Å². The molecule has 0 saturated carbocycles. The number of hydrogen-bond acceptors (Lipinski definition) is 4. The Bertz CT molecular complexity index is 3910. The average Bonchev–Trinajstić information content (AvgIpc) is 4.04. The highest BCUT2D eigenvalue weighted by Gasteiger charge is 2.33. The molecule has 12 aromatic rings. The van der Waals surface area contributed by atoms with Crippen LogP contribution in [-0.4, -0.2) is 11.8 Å². The van der Waals surface area contributed by atoms with E-state index >= 15 is 0 Å². The van der Waals surface area contributed by atoms with Gasteiger partial charge in [0.15, 0.2) is 7.28 Å². The molecule has 1 aliphatic heterocycles. The first kappa shape index (κ1) is 35.3. The third-order valence-electron chi connectivity index (χ3n) is 14.1. The summed E-state index contributed by atoms with van der Waals surface area (Å²) in [6.45, 7) is 6.85. The number of aryl methyl sites for hydroxylation is 2. The molecule has 1 aliphatic carbocycles. The van der Waals surface area contributed by atoms with Crippen molar-refractivity contribution in [1.82, 2.24) is 4.57 Å². The van der Waals surface area contributed by atoms with Gasteiger partial charge < -0.3 is 14.3 Å². The zero-order chi connectivity index (χ0) is 41.0. The lowest BCUT2D eigenvalue weighted by Gasteiger charge is -2.25. The number of anilines is 2. The van der Waals surface area contributed by atoms with Gasteiger partial charge in [0.2, 0.25) is 0 Å². The number of benzene rings is 8. The minimum Gasteiger partial charge on any atom is -0.456 e. The van der Waals surface area contributed by atoms with Crippen molar-refractivity contribution in [2.75, 3.05) is 5.32 Å². The summed E-state index contributed by atoms with van der Waals surface area (Å²) in [7, 11) is 0.800. The molecule has 0 spiro atoms. The number of aromatic nitrogens is 1. The summed E-state index contributed by atoms with van der Waals surface area (Å²) in [6.07, 6.45) is 4.80. The number of nitrogens with zero attached hydrogens (tertiary/aromatic N) is 1. The normalized spacial score (nSPS) is 13.9.